The average molecular weight is 260 g/mol. The first-order valence-electron chi connectivity index (χ1n) is 5.50. The van der Waals surface area contributed by atoms with Gasteiger partial charge in [0.1, 0.15) is 5.75 Å². The summed E-state index contributed by atoms with van der Waals surface area (Å²) < 4.78 is 10.2. The molecule has 0 fully saturated rings. The molecular weight excluding hydrogens is 242 g/mol. The number of hydrogen-bond acceptors (Lipinski definition) is 4. The van der Waals surface area contributed by atoms with Crippen LogP contribution in [0, 0.1) is 0 Å². The average Bonchev–Trinajstić information content (AvgIpc) is 2.34. The van der Waals surface area contributed by atoms with Crippen molar-refractivity contribution in [2.75, 3.05) is 32.2 Å². The van der Waals surface area contributed by atoms with Gasteiger partial charge in [-0.1, -0.05) is 11.6 Å². The summed E-state index contributed by atoms with van der Waals surface area (Å²) in [5.74, 6) is 0.632. The largest absolute Gasteiger partial charge is 0.495 e. The van der Waals surface area contributed by atoms with Gasteiger partial charge < -0.3 is 19.9 Å². The summed E-state index contributed by atoms with van der Waals surface area (Å²) in [6.07, 6.45) is -0.532. The molecule has 1 rings (SSSR count). The highest BCUT2D eigenvalue weighted by Gasteiger charge is 2.05. The number of hydrogen-bond donors (Lipinski definition) is 2. The second kappa shape index (κ2) is 7.37. The van der Waals surface area contributed by atoms with Gasteiger partial charge in [0.25, 0.3) is 0 Å². The summed E-state index contributed by atoms with van der Waals surface area (Å²) in [5.41, 5.74) is 0.839. The summed E-state index contributed by atoms with van der Waals surface area (Å²) in [6.45, 7) is 3.24. The summed E-state index contributed by atoms with van der Waals surface area (Å²) in [4.78, 5) is 0. The first-order chi connectivity index (χ1) is 8.17. The van der Waals surface area contributed by atoms with Crippen LogP contribution in [0.3, 0.4) is 0 Å². The van der Waals surface area contributed by atoms with Gasteiger partial charge in [0.15, 0.2) is 0 Å². The molecule has 0 radical (unpaired) electrons. The number of nitrogens with one attached hydrogen (secondary N) is 1. The van der Waals surface area contributed by atoms with E-state index >= 15 is 0 Å². The predicted molar refractivity (Wildman–Crippen MR) is 69.0 cm³/mol. The number of aliphatic hydroxyl groups excluding tert-OH is 1. The zero-order valence-corrected chi connectivity index (χ0v) is 10.8. The summed E-state index contributed by atoms with van der Waals surface area (Å²) in [6, 6.07) is 5.38. The highest BCUT2D eigenvalue weighted by Crippen LogP contribution is 2.27. The minimum Gasteiger partial charge on any atom is -0.495 e. The zero-order valence-electron chi connectivity index (χ0n) is 10.1. The molecule has 0 saturated carbocycles. The molecule has 5 heteroatoms. The number of benzene rings is 1. The molecule has 17 heavy (non-hydrogen) atoms. The predicted octanol–water partition coefficient (Wildman–Crippen LogP) is 2.16. The lowest BCUT2D eigenvalue weighted by atomic mass is 10.3. The number of anilines is 1. The van der Waals surface area contributed by atoms with Crippen LogP contribution in [0.25, 0.3) is 0 Å². The zero-order chi connectivity index (χ0) is 12.7. The normalized spacial score (nSPS) is 12.2. The molecule has 4 nitrogen and oxygen atoms in total. The first-order valence-corrected chi connectivity index (χ1v) is 5.88. The van der Waals surface area contributed by atoms with Gasteiger partial charge in [-0.25, -0.2) is 0 Å². The fraction of sp³-hybridized carbons (Fsp3) is 0.500. The van der Waals surface area contributed by atoms with Crippen LogP contribution in [-0.4, -0.2) is 38.1 Å². The van der Waals surface area contributed by atoms with Gasteiger partial charge >= 0.3 is 0 Å². The third-order valence-corrected chi connectivity index (χ3v) is 2.50. The Bertz CT molecular complexity index is 347. The van der Waals surface area contributed by atoms with E-state index in [9.17, 15) is 5.11 Å². The van der Waals surface area contributed by atoms with Crippen LogP contribution >= 0.6 is 11.6 Å². The second-order valence-corrected chi connectivity index (χ2v) is 3.95. The van der Waals surface area contributed by atoms with Gasteiger partial charge in [0.2, 0.25) is 0 Å². The Morgan fingerprint density at radius 1 is 1.47 bits per heavy atom. The van der Waals surface area contributed by atoms with E-state index in [1.54, 1.807) is 19.2 Å². The van der Waals surface area contributed by atoms with Crippen LogP contribution in [0.1, 0.15) is 6.92 Å². The maximum Gasteiger partial charge on any atom is 0.137 e. The van der Waals surface area contributed by atoms with Gasteiger partial charge in [-0.2, -0.15) is 0 Å². The minimum absolute atomic E-state index is 0.327. The van der Waals surface area contributed by atoms with Crippen LogP contribution in [0.4, 0.5) is 5.69 Å². The molecule has 0 bridgehead atoms. The molecule has 96 valence electrons. The number of rotatable bonds is 7. The van der Waals surface area contributed by atoms with E-state index < -0.39 is 6.10 Å². The number of aliphatic hydroxyl groups is 1. The molecule has 1 aromatic rings. The maximum absolute atomic E-state index is 9.57. The molecule has 0 aliphatic rings. The lowest BCUT2D eigenvalue weighted by molar-refractivity contribution is 0.0496. The van der Waals surface area contributed by atoms with Crippen LogP contribution in [0.2, 0.25) is 5.02 Å². The monoisotopic (exact) mass is 259 g/mol. The molecule has 0 aliphatic heterocycles. The topological polar surface area (TPSA) is 50.7 Å². The van der Waals surface area contributed by atoms with E-state index in [0.717, 1.165) is 5.69 Å². The standard InChI is InChI=1S/C12H18ClNO3/c1-3-17-8-10(15)7-14-9-4-5-12(16-2)11(13)6-9/h4-6,10,14-15H,3,7-8H2,1-2H3. The fourth-order valence-electron chi connectivity index (χ4n) is 1.32. The molecule has 0 heterocycles. The molecular formula is C12H18ClNO3. The Kier molecular flexibility index (Phi) is 6.11. The highest BCUT2D eigenvalue weighted by atomic mass is 35.5. The lowest BCUT2D eigenvalue weighted by Gasteiger charge is -2.13. The third kappa shape index (κ3) is 4.81. The van der Waals surface area contributed by atoms with Crippen molar-refractivity contribution in [2.45, 2.75) is 13.0 Å². The fourth-order valence-corrected chi connectivity index (χ4v) is 1.58. The van der Waals surface area contributed by atoms with Crippen LogP contribution in [-0.2, 0) is 4.74 Å². The van der Waals surface area contributed by atoms with Crippen molar-refractivity contribution < 1.29 is 14.6 Å². The molecule has 1 unspecified atom stereocenters. The summed E-state index contributed by atoms with van der Waals surface area (Å²) in [7, 11) is 1.57. The van der Waals surface area contributed by atoms with Crippen LogP contribution in [0.15, 0.2) is 18.2 Å². The summed E-state index contributed by atoms with van der Waals surface area (Å²) in [5, 5.41) is 13.2. The molecule has 2 N–H and O–H groups in total. The minimum atomic E-state index is -0.532. The van der Waals surface area contributed by atoms with Gasteiger partial charge in [-0.15, -0.1) is 0 Å². The van der Waals surface area contributed by atoms with E-state index in [-0.39, 0.29) is 0 Å². The van der Waals surface area contributed by atoms with E-state index in [1.165, 1.54) is 0 Å². The summed E-state index contributed by atoms with van der Waals surface area (Å²) >= 11 is 5.98. The third-order valence-electron chi connectivity index (χ3n) is 2.21. The van der Waals surface area contributed by atoms with Crippen molar-refractivity contribution in [1.29, 1.82) is 0 Å². The Morgan fingerprint density at radius 2 is 2.24 bits per heavy atom. The molecule has 1 aromatic carbocycles. The van der Waals surface area contributed by atoms with Crippen molar-refractivity contribution >= 4 is 17.3 Å². The van der Waals surface area contributed by atoms with Gasteiger partial charge in [-0.3, -0.25) is 0 Å². The molecule has 0 aromatic heterocycles. The number of halogens is 1. The molecule has 0 spiro atoms. The van der Waals surface area contributed by atoms with Crippen molar-refractivity contribution in [3.63, 3.8) is 0 Å². The molecule has 0 aliphatic carbocycles. The first kappa shape index (κ1) is 14.1. The van der Waals surface area contributed by atoms with Gasteiger partial charge in [-0.05, 0) is 25.1 Å². The number of methoxy groups -OCH3 is 1. The Balaban J connectivity index is 2.44. The van der Waals surface area contributed by atoms with E-state index in [2.05, 4.69) is 5.32 Å². The highest BCUT2D eigenvalue weighted by molar-refractivity contribution is 6.32. The molecule has 1 atom stereocenters. The number of ether oxygens (including phenoxy) is 2. The van der Waals surface area contributed by atoms with Crippen molar-refractivity contribution in [2.24, 2.45) is 0 Å². The second-order valence-electron chi connectivity index (χ2n) is 3.54. The lowest BCUT2D eigenvalue weighted by Crippen LogP contribution is -2.24. The van der Waals surface area contributed by atoms with E-state index in [4.69, 9.17) is 21.1 Å². The van der Waals surface area contributed by atoms with Gasteiger partial charge in [0, 0.05) is 18.8 Å². The van der Waals surface area contributed by atoms with E-state index in [0.29, 0.717) is 30.5 Å². The Labute approximate surface area is 106 Å². The molecule has 0 amide bonds. The Morgan fingerprint density at radius 3 is 2.82 bits per heavy atom. The SMILES string of the molecule is CCOCC(O)CNc1ccc(OC)c(Cl)c1. The maximum atomic E-state index is 9.57. The van der Waals surface area contributed by atoms with E-state index in [1.807, 2.05) is 13.0 Å². The molecule has 0 saturated heterocycles. The quantitative estimate of drug-likeness (QED) is 0.788. The van der Waals surface area contributed by atoms with Crippen LogP contribution < -0.4 is 10.1 Å². The Hall–Kier alpha value is -0.970. The smallest absolute Gasteiger partial charge is 0.137 e. The van der Waals surface area contributed by atoms with Crippen LogP contribution in [0.5, 0.6) is 5.75 Å². The van der Waals surface area contributed by atoms with Crippen molar-refractivity contribution in [1.82, 2.24) is 0 Å². The van der Waals surface area contributed by atoms with Gasteiger partial charge in [0.05, 0.1) is 24.8 Å². The van der Waals surface area contributed by atoms with Crippen molar-refractivity contribution in [3.8, 4) is 5.75 Å². The van der Waals surface area contributed by atoms with Crippen molar-refractivity contribution in [3.05, 3.63) is 23.2 Å².